The predicted molar refractivity (Wildman–Crippen MR) is 105 cm³/mol. The smallest absolute Gasteiger partial charge is 0.190 e. The summed E-state index contributed by atoms with van der Waals surface area (Å²) in [5, 5.41) is 37.3. The van der Waals surface area contributed by atoms with Gasteiger partial charge in [-0.25, -0.2) is 0 Å². The number of hydrogen-bond acceptors (Lipinski definition) is 7. The van der Waals surface area contributed by atoms with Gasteiger partial charge in [-0.3, -0.25) is 0 Å². The van der Waals surface area contributed by atoms with Crippen molar-refractivity contribution in [2.45, 2.75) is 19.8 Å². The summed E-state index contributed by atoms with van der Waals surface area (Å²) in [6, 6.07) is 6.67. The van der Waals surface area contributed by atoms with Gasteiger partial charge < -0.3 is 26.1 Å². The molecule has 8 nitrogen and oxygen atoms in total. The van der Waals surface area contributed by atoms with E-state index in [1.807, 2.05) is 7.05 Å². The van der Waals surface area contributed by atoms with E-state index in [0.717, 1.165) is 44.6 Å². The number of allylic oxidation sites excluding steroid dienone is 2. The maximum absolute atomic E-state index is 10.0. The van der Waals surface area contributed by atoms with Crippen LogP contribution in [0.2, 0.25) is 0 Å². The van der Waals surface area contributed by atoms with Crippen molar-refractivity contribution in [1.82, 2.24) is 9.80 Å². The molecule has 1 spiro atoms. The second kappa shape index (κ2) is 9.19. The highest BCUT2D eigenvalue weighted by Gasteiger charge is 2.63. The third-order valence-corrected chi connectivity index (χ3v) is 6.19. The molecule has 8 heteroatoms. The van der Waals surface area contributed by atoms with Gasteiger partial charge in [0.05, 0.1) is 23.4 Å². The summed E-state index contributed by atoms with van der Waals surface area (Å²) in [7, 11) is 4.09. The van der Waals surface area contributed by atoms with E-state index in [1.165, 1.54) is 0 Å². The zero-order chi connectivity index (χ0) is 20.2. The molecule has 28 heavy (non-hydrogen) atoms. The van der Waals surface area contributed by atoms with E-state index in [-0.39, 0.29) is 23.7 Å². The van der Waals surface area contributed by atoms with Gasteiger partial charge >= 0.3 is 0 Å². The minimum atomic E-state index is -1.43. The SMILES string of the molecule is CCO.CN1CCC2(CC1)C1CN(C)CC=C1C(C#N)=C(N)C2(C#N)C#N.O. The van der Waals surface area contributed by atoms with Crippen LogP contribution in [0.3, 0.4) is 0 Å². The van der Waals surface area contributed by atoms with Crippen LogP contribution in [0.4, 0.5) is 0 Å². The van der Waals surface area contributed by atoms with Crippen LogP contribution in [0.15, 0.2) is 22.9 Å². The molecule has 1 unspecified atom stereocenters. The Morgan fingerprint density at radius 1 is 1.18 bits per heavy atom. The van der Waals surface area contributed by atoms with Crippen molar-refractivity contribution < 1.29 is 10.6 Å². The zero-order valence-electron chi connectivity index (χ0n) is 16.9. The number of hydrogen-bond donors (Lipinski definition) is 2. The largest absolute Gasteiger partial charge is 0.412 e. The summed E-state index contributed by atoms with van der Waals surface area (Å²) in [6.45, 7) is 5.09. The Morgan fingerprint density at radius 2 is 1.71 bits per heavy atom. The lowest BCUT2D eigenvalue weighted by Gasteiger charge is -2.56. The van der Waals surface area contributed by atoms with Crippen molar-refractivity contribution in [3.63, 3.8) is 0 Å². The number of nitriles is 3. The van der Waals surface area contributed by atoms with Gasteiger partial charge in [-0.1, -0.05) is 6.08 Å². The predicted octanol–water partition coefficient (Wildman–Crippen LogP) is 0.144. The zero-order valence-corrected chi connectivity index (χ0v) is 16.9. The Hall–Kier alpha value is -2.41. The highest BCUT2D eigenvalue weighted by Crippen LogP contribution is 2.61. The maximum Gasteiger partial charge on any atom is 0.190 e. The topological polar surface area (TPSA) is 156 Å². The quantitative estimate of drug-likeness (QED) is 0.600. The van der Waals surface area contributed by atoms with E-state index in [4.69, 9.17) is 10.8 Å². The number of nitrogens with zero attached hydrogens (tertiary/aromatic N) is 5. The van der Waals surface area contributed by atoms with E-state index in [9.17, 15) is 15.8 Å². The van der Waals surface area contributed by atoms with Gasteiger partial charge in [0.25, 0.3) is 0 Å². The molecule has 1 aliphatic carbocycles. The lowest BCUT2D eigenvalue weighted by Crippen LogP contribution is -2.59. The fraction of sp³-hybridized carbons (Fsp3) is 0.650. The van der Waals surface area contributed by atoms with E-state index < -0.39 is 10.8 Å². The van der Waals surface area contributed by atoms with Crippen LogP contribution < -0.4 is 5.73 Å². The number of piperidine rings is 1. The standard InChI is InChI=1S/C18H22N6.C2H6O.H2O/c1-23-7-4-17(5-8-23)15-10-24(2)6-3-13(15)14(9-19)16(22)18(17,11-20)12-21;1-2-3;/h3,15H,4-8,10,22H2,1-2H3;3H,2H2,1H3;1H2. The monoisotopic (exact) mass is 386 g/mol. The van der Waals surface area contributed by atoms with Crippen LogP contribution in [0.1, 0.15) is 19.8 Å². The van der Waals surface area contributed by atoms with E-state index in [2.05, 4.69) is 41.1 Å². The molecular formula is C20H30N6O2. The first-order valence-corrected chi connectivity index (χ1v) is 9.28. The van der Waals surface area contributed by atoms with Crippen LogP contribution in [-0.2, 0) is 0 Å². The van der Waals surface area contributed by atoms with E-state index in [1.54, 1.807) is 6.92 Å². The number of likely N-dealkylation sites (N-methyl/N-ethyl adjacent to an activating group) is 1. The van der Waals surface area contributed by atoms with Gasteiger partial charge in [-0.05, 0) is 52.5 Å². The van der Waals surface area contributed by atoms with Gasteiger partial charge in [0.2, 0.25) is 0 Å². The fourth-order valence-electron chi connectivity index (χ4n) is 4.74. The van der Waals surface area contributed by atoms with Crippen LogP contribution in [0.25, 0.3) is 0 Å². The molecule has 0 saturated carbocycles. The molecule has 1 fully saturated rings. The van der Waals surface area contributed by atoms with E-state index in [0.29, 0.717) is 5.57 Å². The van der Waals surface area contributed by atoms with Crippen molar-refractivity contribution in [3.8, 4) is 18.2 Å². The maximum atomic E-state index is 10.0. The highest BCUT2D eigenvalue weighted by molar-refractivity contribution is 5.58. The Morgan fingerprint density at radius 3 is 2.18 bits per heavy atom. The van der Waals surface area contributed by atoms with Gasteiger partial charge in [-0.2, -0.15) is 15.8 Å². The molecule has 0 bridgehead atoms. The number of fused-ring (bicyclic) bond motifs is 2. The average Bonchev–Trinajstić information content (AvgIpc) is 2.66. The van der Waals surface area contributed by atoms with Crippen molar-refractivity contribution in [2.75, 3.05) is 46.9 Å². The van der Waals surface area contributed by atoms with Crippen molar-refractivity contribution in [3.05, 3.63) is 22.9 Å². The molecular weight excluding hydrogens is 356 g/mol. The third-order valence-electron chi connectivity index (χ3n) is 6.19. The fourth-order valence-corrected chi connectivity index (χ4v) is 4.74. The normalized spacial score (nSPS) is 25.6. The Labute approximate surface area is 167 Å². The molecule has 3 aliphatic rings. The van der Waals surface area contributed by atoms with Crippen LogP contribution in [0.5, 0.6) is 0 Å². The lowest BCUT2D eigenvalue weighted by molar-refractivity contribution is -0.00138. The molecule has 1 saturated heterocycles. The summed E-state index contributed by atoms with van der Waals surface area (Å²) >= 11 is 0. The summed E-state index contributed by atoms with van der Waals surface area (Å²) in [5.74, 6) is -0.00815. The first-order valence-electron chi connectivity index (χ1n) is 9.28. The van der Waals surface area contributed by atoms with Crippen molar-refractivity contribution in [1.29, 1.82) is 15.8 Å². The second-order valence-electron chi connectivity index (χ2n) is 7.58. The first kappa shape index (κ1) is 23.6. The number of rotatable bonds is 0. The summed E-state index contributed by atoms with van der Waals surface area (Å²) < 4.78 is 0. The minimum absolute atomic E-state index is 0. The average molecular weight is 387 g/mol. The summed E-state index contributed by atoms with van der Waals surface area (Å²) in [4.78, 5) is 4.41. The number of aliphatic hydroxyl groups excluding tert-OH is 1. The summed E-state index contributed by atoms with van der Waals surface area (Å²) in [6.07, 6.45) is 3.53. The Balaban J connectivity index is 0.000000921. The molecule has 152 valence electrons. The van der Waals surface area contributed by atoms with Crippen molar-refractivity contribution in [2.24, 2.45) is 22.5 Å². The van der Waals surface area contributed by atoms with Crippen LogP contribution in [0, 0.1) is 50.7 Å². The molecule has 0 aromatic heterocycles. The van der Waals surface area contributed by atoms with Gasteiger partial charge in [0.15, 0.2) is 5.41 Å². The molecule has 0 aromatic rings. The summed E-state index contributed by atoms with van der Waals surface area (Å²) in [5.41, 5.74) is 5.80. The van der Waals surface area contributed by atoms with E-state index >= 15 is 0 Å². The van der Waals surface area contributed by atoms with Crippen molar-refractivity contribution >= 4 is 0 Å². The van der Waals surface area contributed by atoms with Crippen LogP contribution >= 0.6 is 0 Å². The van der Waals surface area contributed by atoms with Gasteiger partial charge in [-0.15, -0.1) is 0 Å². The molecule has 1 atom stereocenters. The lowest BCUT2D eigenvalue weighted by atomic mass is 9.47. The molecule has 0 radical (unpaired) electrons. The number of aliphatic hydroxyl groups is 1. The number of likely N-dealkylation sites (tertiary alicyclic amines) is 1. The second-order valence-corrected chi connectivity index (χ2v) is 7.58. The van der Waals surface area contributed by atoms with Gasteiger partial charge in [0.1, 0.15) is 6.07 Å². The minimum Gasteiger partial charge on any atom is -0.412 e. The molecule has 2 heterocycles. The molecule has 3 rings (SSSR count). The molecule has 2 aliphatic heterocycles. The Kier molecular flexibility index (Phi) is 7.75. The molecule has 0 aromatic carbocycles. The highest BCUT2D eigenvalue weighted by atomic mass is 16.2. The Bertz CT molecular complexity index is 745. The third kappa shape index (κ3) is 3.39. The number of nitrogens with two attached hydrogens (primary N) is 1. The molecule has 0 amide bonds. The van der Waals surface area contributed by atoms with Crippen LogP contribution in [-0.4, -0.2) is 67.3 Å². The van der Waals surface area contributed by atoms with Gasteiger partial charge in [0, 0.05) is 31.0 Å². The first-order chi connectivity index (χ1) is 12.9. The molecule has 5 N–H and O–H groups in total.